The SMILES string of the molecule is CCCOc1ccc(CN2C(=O)NC(=O)/C(=C\c3cc(I)c(OCc4ccc(Cl)cc4Cl)c(OCC)c3)C2=O)cc1OC. The normalized spacial score (nSPS) is 14.1. The molecule has 0 saturated carbocycles. The summed E-state index contributed by atoms with van der Waals surface area (Å²) in [5.74, 6) is 0.401. The van der Waals surface area contributed by atoms with Crippen molar-refractivity contribution in [3.05, 3.63) is 84.4 Å². The number of amides is 4. The van der Waals surface area contributed by atoms with Gasteiger partial charge >= 0.3 is 6.03 Å². The molecule has 1 saturated heterocycles. The Labute approximate surface area is 273 Å². The molecule has 226 valence electrons. The quantitative estimate of drug-likeness (QED) is 0.121. The lowest BCUT2D eigenvalue weighted by Crippen LogP contribution is -2.53. The number of methoxy groups -OCH3 is 1. The van der Waals surface area contributed by atoms with Crippen molar-refractivity contribution in [2.75, 3.05) is 20.3 Å². The van der Waals surface area contributed by atoms with Gasteiger partial charge in [-0.1, -0.05) is 42.3 Å². The summed E-state index contributed by atoms with van der Waals surface area (Å²) in [6.45, 7) is 4.78. The predicted octanol–water partition coefficient (Wildman–Crippen LogP) is 7.04. The number of benzene rings is 3. The van der Waals surface area contributed by atoms with E-state index in [9.17, 15) is 14.4 Å². The van der Waals surface area contributed by atoms with Gasteiger partial charge in [0.2, 0.25) is 0 Å². The second kappa shape index (κ2) is 14.8. The van der Waals surface area contributed by atoms with Crippen LogP contribution in [0.4, 0.5) is 4.79 Å². The van der Waals surface area contributed by atoms with E-state index in [1.807, 2.05) is 13.8 Å². The number of carbonyl (C=O) groups is 3. The number of imide groups is 2. The number of halogens is 3. The number of urea groups is 1. The molecule has 43 heavy (non-hydrogen) atoms. The molecule has 3 aromatic carbocycles. The average molecular weight is 739 g/mol. The van der Waals surface area contributed by atoms with Crippen molar-refractivity contribution in [1.82, 2.24) is 10.2 Å². The van der Waals surface area contributed by atoms with Crippen LogP contribution in [-0.2, 0) is 22.7 Å². The summed E-state index contributed by atoms with van der Waals surface area (Å²) in [5.41, 5.74) is 1.67. The lowest BCUT2D eigenvalue weighted by atomic mass is 10.1. The number of carbonyl (C=O) groups excluding carboxylic acids is 3. The van der Waals surface area contributed by atoms with Gasteiger partial charge in [0.1, 0.15) is 12.2 Å². The monoisotopic (exact) mass is 738 g/mol. The topological polar surface area (TPSA) is 103 Å². The van der Waals surface area contributed by atoms with Crippen molar-refractivity contribution >= 4 is 69.7 Å². The molecule has 1 N–H and O–H groups in total. The third kappa shape index (κ3) is 7.92. The van der Waals surface area contributed by atoms with E-state index >= 15 is 0 Å². The zero-order valence-corrected chi connectivity index (χ0v) is 27.3. The van der Waals surface area contributed by atoms with Crippen LogP contribution in [0.2, 0.25) is 10.0 Å². The van der Waals surface area contributed by atoms with Crippen molar-refractivity contribution < 1.29 is 33.3 Å². The number of barbiturate groups is 1. The Bertz CT molecular complexity index is 1580. The largest absolute Gasteiger partial charge is 0.493 e. The van der Waals surface area contributed by atoms with Crippen LogP contribution in [0.1, 0.15) is 37.0 Å². The Balaban J connectivity index is 1.59. The standard InChI is InChI=1S/C31H29Cl2IN2O7/c1-4-10-42-25-9-6-18(13-26(25)40-3)16-36-30(38)22(29(37)35-31(36)39)11-19-12-24(34)28(27(14-19)41-5-2)43-17-20-7-8-21(32)15-23(20)33/h6-9,11-15H,4-5,10,16-17H2,1-3H3,(H,35,37,39)/b22-11+. The Morgan fingerprint density at radius 1 is 0.930 bits per heavy atom. The van der Waals surface area contributed by atoms with Crippen LogP contribution < -0.4 is 24.3 Å². The molecule has 3 aromatic rings. The highest BCUT2D eigenvalue weighted by Crippen LogP contribution is 2.36. The molecule has 4 amide bonds. The van der Waals surface area contributed by atoms with Crippen LogP contribution in [0.15, 0.2) is 54.1 Å². The molecular formula is C31H29Cl2IN2O7. The molecule has 0 atom stereocenters. The lowest BCUT2D eigenvalue weighted by Gasteiger charge is -2.26. The van der Waals surface area contributed by atoms with Crippen LogP contribution >= 0.6 is 45.8 Å². The van der Waals surface area contributed by atoms with Crippen molar-refractivity contribution in [3.63, 3.8) is 0 Å². The van der Waals surface area contributed by atoms with E-state index in [-0.39, 0.29) is 18.7 Å². The van der Waals surface area contributed by atoms with Crippen LogP contribution in [0.3, 0.4) is 0 Å². The first-order chi connectivity index (χ1) is 20.6. The Hall–Kier alpha value is -3.48. The van der Waals surface area contributed by atoms with E-state index in [0.717, 1.165) is 16.9 Å². The number of hydrogen-bond donors (Lipinski definition) is 1. The maximum atomic E-state index is 13.4. The van der Waals surface area contributed by atoms with E-state index in [2.05, 4.69) is 27.9 Å². The van der Waals surface area contributed by atoms with Crippen molar-refractivity contribution in [2.45, 2.75) is 33.4 Å². The summed E-state index contributed by atoms with van der Waals surface area (Å²) in [5, 5.41) is 3.25. The fourth-order valence-electron chi connectivity index (χ4n) is 4.19. The van der Waals surface area contributed by atoms with Gasteiger partial charge in [0.15, 0.2) is 23.0 Å². The lowest BCUT2D eigenvalue weighted by molar-refractivity contribution is -0.130. The second-order valence-corrected chi connectivity index (χ2v) is 11.3. The summed E-state index contributed by atoms with van der Waals surface area (Å²) in [6.07, 6.45) is 2.25. The van der Waals surface area contributed by atoms with Gasteiger partial charge in [-0.05, 0) is 89.5 Å². The Kier molecular flexibility index (Phi) is 11.2. The molecule has 0 aromatic heterocycles. The molecular weight excluding hydrogens is 710 g/mol. The number of nitrogens with one attached hydrogen (secondary N) is 1. The van der Waals surface area contributed by atoms with Gasteiger partial charge in [-0.2, -0.15) is 0 Å². The highest BCUT2D eigenvalue weighted by Gasteiger charge is 2.36. The molecule has 1 fully saturated rings. The smallest absolute Gasteiger partial charge is 0.331 e. The second-order valence-electron chi connectivity index (χ2n) is 9.33. The minimum Gasteiger partial charge on any atom is -0.493 e. The Morgan fingerprint density at radius 3 is 2.42 bits per heavy atom. The molecule has 0 unspecified atom stereocenters. The first-order valence-corrected chi connectivity index (χ1v) is 15.2. The van der Waals surface area contributed by atoms with E-state index in [4.69, 9.17) is 42.1 Å². The molecule has 0 aliphatic carbocycles. The summed E-state index contributed by atoms with van der Waals surface area (Å²) in [6, 6.07) is 12.9. The zero-order chi connectivity index (χ0) is 31.1. The molecule has 4 rings (SSSR count). The van der Waals surface area contributed by atoms with Crippen LogP contribution in [0.5, 0.6) is 23.0 Å². The summed E-state index contributed by atoms with van der Waals surface area (Å²) in [4.78, 5) is 39.9. The summed E-state index contributed by atoms with van der Waals surface area (Å²) >= 11 is 14.4. The highest BCUT2D eigenvalue weighted by molar-refractivity contribution is 14.1. The minimum atomic E-state index is -0.813. The number of hydrogen-bond acceptors (Lipinski definition) is 7. The third-order valence-electron chi connectivity index (χ3n) is 6.25. The molecule has 0 bridgehead atoms. The van der Waals surface area contributed by atoms with E-state index in [1.165, 1.54) is 13.2 Å². The van der Waals surface area contributed by atoms with Crippen LogP contribution in [0.25, 0.3) is 6.08 Å². The fraction of sp³-hybridized carbons (Fsp3) is 0.258. The average Bonchev–Trinajstić information content (AvgIpc) is 2.97. The van der Waals surface area contributed by atoms with E-state index in [1.54, 1.807) is 48.5 Å². The van der Waals surface area contributed by atoms with Gasteiger partial charge in [0.05, 0.1) is 30.4 Å². The fourth-order valence-corrected chi connectivity index (χ4v) is 5.44. The molecule has 9 nitrogen and oxygen atoms in total. The van der Waals surface area contributed by atoms with E-state index < -0.39 is 17.8 Å². The highest BCUT2D eigenvalue weighted by atomic mass is 127. The minimum absolute atomic E-state index is 0.0819. The van der Waals surface area contributed by atoms with Gasteiger partial charge in [-0.15, -0.1) is 0 Å². The predicted molar refractivity (Wildman–Crippen MR) is 172 cm³/mol. The first kappa shape index (κ1) is 32.4. The van der Waals surface area contributed by atoms with Gasteiger partial charge in [0, 0.05) is 15.6 Å². The maximum Gasteiger partial charge on any atom is 0.331 e. The van der Waals surface area contributed by atoms with Gasteiger partial charge in [0.25, 0.3) is 11.8 Å². The number of nitrogens with zero attached hydrogens (tertiary/aromatic N) is 1. The van der Waals surface area contributed by atoms with E-state index in [0.29, 0.717) is 61.0 Å². The molecule has 12 heteroatoms. The van der Waals surface area contributed by atoms with Crippen LogP contribution in [-0.4, -0.2) is 43.1 Å². The third-order valence-corrected chi connectivity index (χ3v) is 7.63. The molecule has 1 heterocycles. The maximum absolute atomic E-state index is 13.4. The summed E-state index contributed by atoms with van der Waals surface area (Å²) in [7, 11) is 1.51. The van der Waals surface area contributed by atoms with Crippen molar-refractivity contribution in [2.24, 2.45) is 0 Å². The molecule has 1 aliphatic heterocycles. The molecule has 0 radical (unpaired) electrons. The zero-order valence-electron chi connectivity index (χ0n) is 23.7. The summed E-state index contributed by atoms with van der Waals surface area (Å²) < 4.78 is 23.7. The van der Waals surface area contributed by atoms with Gasteiger partial charge in [-0.3, -0.25) is 19.8 Å². The van der Waals surface area contributed by atoms with Crippen molar-refractivity contribution in [1.29, 1.82) is 0 Å². The first-order valence-electron chi connectivity index (χ1n) is 13.4. The Morgan fingerprint density at radius 2 is 1.72 bits per heavy atom. The van der Waals surface area contributed by atoms with Gasteiger partial charge < -0.3 is 18.9 Å². The molecule has 0 spiro atoms. The van der Waals surface area contributed by atoms with Gasteiger partial charge in [-0.25, -0.2) is 4.79 Å². The number of rotatable bonds is 12. The number of ether oxygens (including phenoxy) is 4. The van der Waals surface area contributed by atoms with Crippen LogP contribution in [0, 0.1) is 3.57 Å². The molecule has 1 aliphatic rings. The van der Waals surface area contributed by atoms with Crippen molar-refractivity contribution in [3.8, 4) is 23.0 Å².